The van der Waals surface area contributed by atoms with Crippen LogP contribution in [0.25, 0.3) is 32.1 Å². The second-order valence-electron chi connectivity index (χ2n) is 13.2. The Bertz CT molecular complexity index is 2030. The van der Waals surface area contributed by atoms with Crippen molar-refractivity contribution in [1.29, 1.82) is 5.26 Å². The van der Waals surface area contributed by atoms with E-state index in [1.807, 2.05) is 6.07 Å². The van der Waals surface area contributed by atoms with Crippen molar-refractivity contribution in [1.82, 2.24) is 19.8 Å². The average molecular weight is 719 g/mol. The smallest absolute Gasteiger partial charge is 0.387 e. The van der Waals surface area contributed by atoms with Crippen molar-refractivity contribution in [2.45, 2.75) is 56.2 Å². The number of ether oxygens (including phenoxy) is 1. The van der Waals surface area contributed by atoms with E-state index in [0.29, 0.717) is 19.4 Å². The number of nitrogens with zero attached hydrogens (tertiary/aromatic N) is 6. The van der Waals surface area contributed by atoms with Crippen molar-refractivity contribution in [3.63, 3.8) is 0 Å². The predicted molar refractivity (Wildman–Crippen MR) is 173 cm³/mol. The Morgan fingerprint density at radius 2 is 2.04 bits per heavy atom. The number of anilines is 1. The third-order valence-corrected chi connectivity index (χ3v) is 11.2. The van der Waals surface area contributed by atoms with E-state index in [1.54, 1.807) is 11.9 Å². The molecule has 3 saturated heterocycles. The highest BCUT2D eigenvalue weighted by atomic mass is 32.1. The Hall–Kier alpha value is -4.04. The Morgan fingerprint density at radius 1 is 1.24 bits per heavy atom. The summed E-state index contributed by atoms with van der Waals surface area (Å²) in [6.45, 7) is 0.695. The molecule has 3 fully saturated rings. The number of aliphatic hydroxyl groups is 1. The van der Waals surface area contributed by atoms with Gasteiger partial charge in [-0.05, 0) is 43.5 Å². The van der Waals surface area contributed by atoms with Gasteiger partial charge in [-0.2, -0.15) is 18.4 Å². The van der Waals surface area contributed by atoms with Gasteiger partial charge in [-0.3, -0.25) is 9.69 Å². The number of aromatic nitrogens is 2. The summed E-state index contributed by atoms with van der Waals surface area (Å²) < 4.78 is 96.7. The number of alkyl halides is 4. The molecule has 2 aromatic carbocycles. The molecule has 3 unspecified atom stereocenters. The van der Waals surface area contributed by atoms with Gasteiger partial charge >= 0.3 is 6.18 Å². The molecule has 16 heteroatoms. The highest BCUT2D eigenvalue weighted by Gasteiger charge is 2.49. The van der Waals surface area contributed by atoms with Gasteiger partial charge in [0.25, 0.3) is 0 Å². The molecule has 1 N–H and O–H groups in total. The van der Waals surface area contributed by atoms with Gasteiger partial charge in [0.1, 0.15) is 42.6 Å². The number of hydrogen-bond donors (Lipinski definition) is 1. The van der Waals surface area contributed by atoms with Crippen LogP contribution in [0.15, 0.2) is 23.6 Å². The molecule has 0 bridgehead atoms. The molecule has 3 aliphatic rings. The van der Waals surface area contributed by atoms with Gasteiger partial charge in [-0.25, -0.2) is 23.1 Å². The van der Waals surface area contributed by atoms with E-state index in [4.69, 9.17) is 4.74 Å². The van der Waals surface area contributed by atoms with E-state index in [0.717, 1.165) is 48.9 Å². The molecule has 0 aliphatic carbocycles. The molecule has 1 amide bonds. The maximum Gasteiger partial charge on any atom is 0.417 e. The van der Waals surface area contributed by atoms with Crippen LogP contribution in [0, 0.1) is 23.0 Å². The summed E-state index contributed by atoms with van der Waals surface area (Å²) in [6, 6.07) is 4.15. The fourth-order valence-corrected chi connectivity index (χ4v) is 8.75. The minimum absolute atomic E-state index is 0.0292. The Kier molecular flexibility index (Phi) is 8.90. The Morgan fingerprint density at radius 3 is 2.78 bits per heavy atom. The van der Waals surface area contributed by atoms with Crippen LogP contribution in [-0.4, -0.2) is 95.0 Å². The molecule has 7 rings (SSSR count). The van der Waals surface area contributed by atoms with Crippen LogP contribution in [-0.2, 0) is 22.3 Å². The van der Waals surface area contributed by atoms with Crippen LogP contribution in [0.2, 0.25) is 0 Å². The number of rotatable bonds is 8. The quantitative estimate of drug-likeness (QED) is 0.228. The first-order chi connectivity index (χ1) is 23.8. The SMILES string of the molecule is CN(c1nc(COCC23CCCN2CC(F)C3)nc2c(F)c(-c3ccc(F)c4scc(C#N)c34)c(C(F)(F)F)cc12)C1CCN(C(=O)CO)C1. The highest BCUT2D eigenvalue weighted by Crippen LogP contribution is 2.47. The number of carbonyl (C=O) groups excluding carboxylic acids is 1. The van der Waals surface area contributed by atoms with Gasteiger partial charge in [0, 0.05) is 66.4 Å². The van der Waals surface area contributed by atoms with Crippen molar-refractivity contribution < 1.29 is 41.0 Å². The number of halogens is 6. The molecule has 50 heavy (non-hydrogen) atoms. The molecule has 9 nitrogen and oxygen atoms in total. The number of fused-ring (bicyclic) bond motifs is 3. The summed E-state index contributed by atoms with van der Waals surface area (Å²) >= 11 is 0.828. The van der Waals surface area contributed by atoms with Crippen molar-refractivity contribution in [2.75, 3.05) is 51.3 Å². The number of amides is 1. The monoisotopic (exact) mass is 718 g/mol. The lowest BCUT2D eigenvalue weighted by molar-refractivity contribution is -0.137. The van der Waals surface area contributed by atoms with Crippen molar-refractivity contribution in [3.8, 4) is 17.2 Å². The lowest BCUT2D eigenvalue weighted by Gasteiger charge is -2.31. The van der Waals surface area contributed by atoms with Crippen LogP contribution >= 0.6 is 11.3 Å². The molecule has 0 spiro atoms. The van der Waals surface area contributed by atoms with Crippen LogP contribution < -0.4 is 4.90 Å². The number of hydrogen-bond acceptors (Lipinski definition) is 9. The number of thiophene rings is 1. The maximum absolute atomic E-state index is 17.0. The summed E-state index contributed by atoms with van der Waals surface area (Å²) in [4.78, 5) is 26.2. The zero-order valence-electron chi connectivity index (χ0n) is 26.9. The molecular weight excluding hydrogens is 686 g/mol. The number of carbonyl (C=O) groups is 1. The minimum atomic E-state index is -5.09. The molecule has 2 aromatic heterocycles. The van der Waals surface area contributed by atoms with Crippen LogP contribution in [0.1, 0.15) is 42.6 Å². The second-order valence-corrected chi connectivity index (χ2v) is 14.0. The largest absolute Gasteiger partial charge is 0.417 e. The Labute approximate surface area is 286 Å². The maximum atomic E-state index is 17.0. The standard InChI is InChI=1S/C34H32F6N6O3S/c1-44(20-5-8-45(13-20)26(48)14-47)32-22-9-23(34(38,39)40)28(21-3-4-24(36)31-27(21)18(11-41)16-50-31)29(37)30(22)42-25(43-32)15-49-17-33-6-2-7-46(33)12-19(35)10-33/h3-4,9,16,19-20,47H,2,5-8,10,12-15,17H2,1H3. The molecule has 0 saturated carbocycles. The number of likely N-dealkylation sites (tertiary alicyclic amines) is 1. The summed E-state index contributed by atoms with van der Waals surface area (Å²) in [5.74, 6) is -2.66. The first-order valence-corrected chi connectivity index (χ1v) is 17.0. The number of benzene rings is 2. The molecule has 0 radical (unpaired) electrons. The van der Waals surface area contributed by atoms with Crippen LogP contribution in [0.4, 0.5) is 32.2 Å². The zero-order valence-corrected chi connectivity index (χ0v) is 27.7. The fourth-order valence-electron chi connectivity index (χ4n) is 7.82. The third-order valence-electron chi connectivity index (χ3n) is 10.2. The summed E-state index contributed by atoms with van der Waals surface area (Å²) in [6.07, 6.45) is -3.75. The van der Waals surface area contributed by atoms with E-state index in [-0.39, 0.29) is 64.5 Å². The van der Waals surface area contributed by atoms with Gasteiger partial charge in [0.05, 0.1) is 22.4 Å². The molecular formula is C34H32F6N6O3S. The first-order valence-electron chi connectivity index (χ1n) is 16.1. The van der Waals surface area contributed by atoms with E-state index in [9.17, 15) is 37.1 Å². The van der Waals surface area contributed by atoms with Crippen LogP contribution in [0.5, 0.6) is 0 Å². The van der Waals surface area contributed by atoms with Crippen molar-refractivity contribution >= 4 is 44.1 Å². The molecule has 5 heterocycles. The van der Waals surface area contributed by atoms with Gasteiger partial charge in [0.15, 0.2) is 11.6 Å². The first kappa shape index (κ1) is 34.4. The van der Waals surface area contributed by atoms with Gasteiger partial charge < -0.3 is 19.6 Å². The third kappa shape index (κ3) is 5.83. The summed E-state index contributed by atoms with van der Waals surface area (Å²) in [5, 5.41) is 20.0. The van der Waals surface area contributed by atoms with Gasteiger partial charge in [0.2, 0.25) is 5.91 Å². The average Bonchev–Trinajstić information content (AvgIpc) is 3.87. The molecule has 3 atom stereocenters. The van der Waals surface area contributed by atoms with E-state index in [2.05, 4.69) is 14.9 Å². The highest BCUT2D eigenvalue weighted by molar-refractivity contribution is 7.17. The minimum Gasteiger partial charge on any atom is -0.387 e. The lowest BCUT2D eigenvalue weighted by Crippen LogP contribution is -2.42. The van der Waals surface area contributed by atoms with Crippen molar-refractivity contribution in [3.05, 3.63) is 52.2 Å². The number of aliphatic hydroxyl groups excluding tert-OH is 1. The molecule has 264 valence electrons. The molecule has 3 aliphatic heterocycles. The van der Waals surface area contributed by atoms with Gasteiger partial charge in [-0.1, -0.05) is 6.07 Å². The predicted octanol–water partition coefficient (Wildman–Crippen LogP) is 5.80. The van der Waals surface area contributed by atoms with E-state index in [1.165, 1.54) is 10.3 Å². The van der Waals surface area contributed by atoms with E-state index >= 15 is 4.39 Å². The van der Waals surface area contributed by atoms with Gasteiger partial charge in [-0.15, -0.1) is 11.3 Å². The Balaban J connectivity index is 1.37. The zero-order chi connectivity index (χ0) is 35.5. The summed E-state index contributed by atoms with van der Waals surface area (Å²) in [7, 11) is 1.58. The van der Waals surface area contributed by atoms with Crippen molar-refractivity contribution in [2.24, 2.45) is 0 Å². The summed E-state index contributed by atoms with van der Waals surface area (Å²) in [5.41, 5.74) is -3.59. The topological polar surface area (TPSA) is 106 Å². The lowest BCUT2D eigenvalue weighted by atomic mass is 9.92. The second kappa shape index (κ2) is 12.9. The van der Waals surface area contributed by atoms with E-state index < -0.39 is 64.7 Å². The van der Waals surface area contributed by atoms with Crippen LogP contribution in [0.3, 0.4) is 0 Å². The normalized spacial score (nSPS) is 22.5. The number of likely N-dealkylation sites (N-methyl/N-ethyl adjacent to an activating group) is 1. The number of nitriles is 1. The fraction of sp³-hybridized carbons (Fsp3) is 0.471. The molecule has 4 aromatic rings.